The lowest BCUT2D eigenvalue weighted by atomic mass is 10.1. The summed E-state index contributed by atoms with van der Waals surface area (Å²) in [6, 6.07) is 8.67. The van der Waals surface area contributed by atoms with Crippen LogP contribution in [0.15, 0.2) is 24.3 Å². The van der Waals surface area contributed by atoms with Gasteiger partial charge in [-0.05, 0) is 43.5 Å². The van der Waals surface area contributed by atoms with Crippen molar-refractivity contribution in [2.75, 3.05) is 13.2 Å². The first-order chi connectivity index (χ1) is 8.88. The Morgan fingerprint density at radius 3 is 2.78 bits per heavy atom. The zero-order valence-corrected chi connectivity index (χ0v) is 11.6. The first-order valence-electron chi connectivity index (χ1n) is 6.89. The van der Waals surface area contributed by atoms with Gasteiger partial charge in [0.25, 0.3) is 0 Å². The number of halogens is 1. The molecule has 1 N–H and O–H groups in total. The van der Waals surface area contributed by atoms with E-state index in [0.717, 1.165) is 30.9 Å². The van der Waals surface area contributed by atoms with Crippen molar-refractivity contribution in [3.63, 3.8) is 0 Å². The average molecular weight is 268 g/mol. The van der Waals surface area contributed by atoms with Crippen LogP contribution in [0, 0.1) is 0 Å². The van der Waals surface area contributed by atoms with E-state index in [0.29, 0.717) is 11.9 Å². The second-order valence-electron chi connectivity index (χ2n) is 4.92. The highest BCUT2D eigenvalue weighted by molar-refractivity contribution is 6.17. The van der Waals surface area contributed by atoms with Gasteiger partial charge >= 0.3 is 0 Å². The van der Waals surface area contributed by atoms with Crippen molar-refractivity contribution in [1.29, 1.82) is 0 Å². The van der Waals surface area contributed by atoms with Crippen LogP contribution < -0.4 is 10.1 Å². The molecule has 0 saturated carbocycles. The predicted molar refractivity (Wildman–Crippen MR) is 76.4 cm³/mol. The number of nitrogens with one attached hydrogen (secondary N) is 1. The molecule has 2 nitrogen and oxygen atoms in total. The molecule has 1 heterocycles. The Labute approximate surface area is 115 Å². The summed E-state index contributed by atoms with van der Waals surface area (Å²) in [6.45, 7) is 1.95. The molecule has 0 radical (unpaired) electrons. The zero-order valence-electron chi connectivity index (χ0n) is 10.8. The van der Waals surface area contributed by atoms with Crippen LogP contribution in [0.2, 0.25) is 0 Å². The Balaban J connectivity index is 1.70. The molecule has 1 aliphatic rings. The van der Waals surface area contributed by atoms with E-state index < -0.39 is 0 Å². The molecule has 0 spiro atoms. The van der Waals surface area contributed by atoms with E-state index in [4.69, 9.17) is 16.3 Å². The van der Waals surface area contributed by atoms with Gasteiger partial charge in [-0.15, -0.1) is 11.6 Å². The van der Waals surface area contributed by atoms with Gasteiger partial charge < -0.3 is 10.1 Å². The van der Waals surface area contributed by atoms with Gasteiger partial charge in [0, 0.05) is 11.9 Å². The second kappa shape index (κ2) is 7.65. The SMILES string of the molecule is ClCc1ccc(OCCC2CCCCCN2)cc1. The fraction of sp³-hybridized carbons (Fsp3) is 0.600. The molecule has 1 saturated heterocycles. The predicted octanol–water partition coefficient (Wildman–Crippen LogP) is 3.73. The van der Waals surface area contributed by atoms with E-state index >= 15 is 0 Å². The van der Waals surface area contributed by atoms with Gasteiger partial charge in [-0.1, -0.05) is 25.0 Å². The van der Waals surface area contributed by atoms with E-state index in [1.165, 1.54) is 25.7 Å². The Morgan fingerprint density at radius 2 is 2.00 bits per heavy atom. The molecular formula is C15H22ClNO. The summed E-state index contributed by atoms with van der Waals surface area (Å²) < 4.78 is 5.77. The molecule has 100 valence electrons. The van der Waals surface area contributed by atoms with Crippen molar-refractivity contribution in [3.05, 3.63) is 29.8 Å². The number of hydrogen-bond donors (Lipinski definition) is 1. The average Bonchev–Trinajstić information content (AvgIpc) is 2.68. The standard InChI is InChI=1S/C15H22ClNO/c16-12-13-5-7-15(8-6-13)18-11-9-14-4-2-1-3-10-17-14/h5-8,14,17H,1-4,9-12H2. The number of alkyl halides is 1. The maximum Gasteiger partial charge on any atom is 0.119 e. The monoisotopic (exact) mass is 267 g/mol. The topological polar surface area (TPSA) is 21.3 Å². The molecular weight excluding hydrogens is 246 g/mol. The summed E-state index contributed by atoms with van der Waals surface area (Å²) in [7, 11) is 0. The van der Waals surface area contributed by atoms with Gasteiger partial charge in [-0.2, -0.15) is 0 Å². The summed E-state index contributed by atoms with van der Waals surface area (Å²) in [6.07, 6.45) is 6.41. The number of hydrogen-bond acceptors (Lipinski definition) is 2. The van der Waals surface area contributed by atoms with E-state index in [1.54, 1.807) is 0 Å². The van der Waals surface area contributed by atoms with Crippen LogP contribution in [0.25, 0.3) is 0 Å². The van der Waals surface area contributed by atoms with Crippen LogP contribution in [0.4, 0.5) is 0 Å². The van der Waals surface area contributed by atoms with Gasteiger partial charge in [-0.3, -0.25) is 0 Å². The molecule has 1 aliphatic heterocycles. The molecule has 0 amide bonds. The van der Waals surface area contributed by atoms with Crippen molar-refractivity contribution >= 4 is 11.6 Å². The van der Waals surface area contributed by atoms with E-state index in [2.05, 4.69) is 5.32 Å². The fourth-order valence-electron chi connectivity index (χ4n) is 2.34. The molecule has 1 aromatic carbocycles. The van der Waals surface area contributed by atoms with Crippen molar-refractivity contribution in [2.24, 2.45) is 0 Å². The van der Waals surface area contributed by atoms with Crippen molar-refractivity contribution < 1.29 is 4.74 Å². The van der Waals surface area contributed by atoms with Crippen molar-refractivity contribution in [1.82, 2.24) is 5.32 Å². The van der Waals surface area contributed by atoms with Crippen LogP contribution >= 0.6 is 11.6 Å². The number of benzene rings is 1. The molecule has 1 aromatic rings. The normalized spacial score (nSPS) is 20.4. The molecule has 3 heteroatoms. The minimum Gasteiger partial charge on any atom is -0.494 e. The first-order valence-corrected chi connectivity index (χ1v) is 7.43. The van der Waals surface area contributed by atoms with Crippen molar-refractivity contribution in [3.8, 4) is 5.75 Å². The van der Waals surface area contributed by atoms with Crippen LogP contribution in [0.5, 0.6) is 5.75 Å². The minimum absolute atomic E-state index is 0.562. The second-order valence-corrected chi connectivity index (χ2v) is 5.18. The van der Waals surface area contributed by atoms with E-state index in [1.807, 2.05) is 24.3 Å². The number of ether oxygens (including phenoxy) is 1. The third kappa shape index (κ3) is 4.51. The Kier molecular flexibility index (Phi) is 5.82. The Bertz CT molecular complexity index is 331. The lowest BCUT2D eigenvalue weighted by molar-refractivity contribution is 0.283. The molecule has 0 aliphatic carbocycles. The minimum atomic E-state index is 0.562. The van der Waals surface area contributed by atoms with Crippen LogP contribution in [0.3, 0.4) is 0 Å². The first kappa shape index (κ1) is 13.7. The maximum absolute atomic E-state index is 5.77. The highest BCUT2D eigenvalue weighted by Gasteiger charge is 2.10. The van der Waals surface area contributed by atoms with Gasteiger partial charge in [-0.25, -0.2) is 0 Å². The van der Waals surface area contributed by atoms with E-state index in [9.17, 15) is 0 Å². The lowest BCUT2D eigenvalue weighted by Gasteiger charge is -2.16. The van der Waals surface area contributed by atoms with Crippen LogP contribution in [-0.4, -0.2) is 19.2 Å². The lowest BCUT2D eigenvalue weighted by Crippen LogP contribution is -2.29. The molecule has 1 fully saturated rings. The third-order valence-electron chi connectivity index (χ3n) is 3.48. The summed E-state index contributed by atoms with van der Waals surface area (Å²) in [5.74, 6) is 1.50. The van der Waals surface area contributed by atoms with Gasteiger partial charge in [0.05, 0.1) is 6.61 Å². The highest BCUT2D eigenvalue weighted by atomic mass is 35.5. The third-order valence-corrected chi connectivity index (χ3v) is 3.78. The fourth-order valence-corrected chi connectivity index (χ4v) is 2.52. The largest absolute Gasteiger partial charge is 0.494 e. The summed E-state index contributed by atoms with van der Waals surface area (Å²) in [5.41, 5.74) is 1.13. The molecule has 18 heavy (non-hydrogen) atoms. The molecule has 1 unspecified atom stereocenters. The molecule has 1 atom stereocenters. The highest BCUT2D eigenvalue weighted by Crippen LogP contribution is 2.15. The van der Waals surface area contributed by atoms with Gasteiger partial charge in [0.1, 0.15) is 5.75 Å². The van der Waals surface area contributed by atoms with Crippen LogP contribution in [0.1, 0.15) is 37.7 Å². The van der Waals surface area contributed by atoms with Crippen LogP contribution in [-0.2, 0) is 5.88 Å². The number of rotatable bonds is 5. The zero-order chi connectivity index (χ0) is 12.6. The van der Waals surface area contributed by atoms with E-state index in [-0.39, 0.29) is 0 Å². The Hall–Kier alpha value is -0.730. The molecule has 2 rings (SSSR count). The summed E-state index contributed by atoms with van der Waals surface area (Å²) in [5, 5.41) is 3.59. The van der Waals surface area contributed by atoms with Gasteiger partial charge in [0.15, 0.2) is 0 Å². The maximum atomic E-state index is 5.77. The molecule has 0 aromatic heterocycles. The quantitative estimate of drug-likeness (QED) is 0.821. The molecule has 0 bridgehead atoms. The van der Waals surface area contributed by atoms with Gasteiger partial charge in [0.2, 0.25) is 0 Å². The summed E-state index contributed by atoms with van der Waals surface area (Å²) >= 11 is 5.75. The summed E-state index contributed by atoms with van der Waals surface area (Å²) in [4.78, 5) is 0. The smallest absolute Gasteiger partial charge is 0.119 e. The Morgan fingerprint density at radius 1 is 1.17 bits per heavy atom. The van der Waals surface area contributed by atoms with Crippen molar-refractivity contribution in [2.45, 2.75) is 44.0 Å².